The first-order valence-electron chi connectivity index (χ1n) is 6.59. The van der Waals surface area contributed by atoms with Crippen LogP contribution < -0.4 is 4.72 Å². The Morgan fingerprint density at radius 2 is 2.15 bits per heavy atom. The lowest BCUT2D eigenvalue weighted by atomic mass is 10.0. The zero-order valence-electron chi connectivity index (χ0n) is 11.4. The molecule has 1 fully saturated rings. The van der Waals surface area contributed by atoms with Gasteiger partial charge >= 0.3 is 5.97 Å². The topological polar surface area (TPSA) is 101 Å². The number of carbonyl (C=O) groups is 1. The molecule has 112 valence electrons. The minimum absolute atomic E-state index is 0.0796. The van der Waals surface area contributed by atoms with Gasteiger partial charge < -0.3 is 5.11 Å². The summed E-state index contributed by atoms with van der Waals surface area (Å²) in [5, 5.41) is 12.5. The van der Waals surface area contributed by atoms with E-state index in [0.717, 1.165) is 25.7 Å². The van der Waals surface area contributed by atoms with E-state index in [9.17, 15) is 13.2 Å². The third-order valence-corrected chi connectivity index (χ3v) is 5.16. The molecule has 0 unspecified atom stereocenters. The van der Waals surface area contributed by atoms with Crippen LogP contribution in [0.4, 0.5) is 0 Å². The third kappa shape index (κ3) is 3.57. The fourth-order valence-corrected chi connectivity index (χ4v) is 3.87. The molecule has 1 aromatic heterocycles. The predicted molar refractivity (Wildman–Crippen MR) is 71.7 cm³/mol. The van der Waals surface area contributed by atoms with Crippen LogP contribution in [0, 0.1) is 0 Å². The van der Waals surface area contributed by atoms with Crippen molar-refractivity contribution in [3.63, 3.8) is 0 Å². The normalized spacial score (nSPS) is 18.2. The number of sulfonamides is 1. The molecule has 0 radical (unpaired) electrons. The largest absolute Gasteiger partial charge is 0.481 e. The molecule has 2 N–H and O–H groups in total. The van der Waals surface area contributed by atoms with Gasteiger partial charge in [0.05, 0.1) is 19.2 Å². The van der Waals surface area contributed by atoms with Crippen LogP contribution in [0.25, 0.3) is 0 Å². The number of carboxylic acids is 1. The zero-order valence-corrected chi connectivity index (χ0v) is 12.2. The van der Waals surface area contributed by atoms with Gasteiger partial charge in [0, 0.05) is 11.7 Å². The molecule has 1 aliphatic carbocycles. The van der Waals surface area contributed by atoms with Gasteiger partial charge in [-0.2, -0.15) is 5.10 Å². The van der Waals surface area contributed by atoms with Gasteiger partial charge in [-0.1, -0.05) is 12.8 Å². The summed E-state index contributed by atoms with van der Waals surface area (Å²) >= 11 is 0. The summed E-state index contributed by atoms with van der Waals surface area (Å²) in [6.45, 7) is 2.06. The molecule has 0 aromatic carbocycles. The fourth-order valence-electron chi connectivity index (χ4n) is 2.46. The molecule has 20 heavy (non-hydrogen) atoms. The maximum absolute atomic E-state index is 12.3. The van der Waals surface area contributed by atoms with Crippen LogP contribution in [0.2, 0.25) is 0 Å². The number of hydrogen-bond donors (Lipinski definition) is 2. The van der Waals surface area contributed by atoms with Crippen LogP contribution in [0.5, 0.6) is 0 Å². The van der Waals surface area contributed by atoms with Gasteiger partial charge in [0.25, 0.3) is 0 Å². The number of aliphatic carboxylic acids is 1. The summed E-state index contributed by atoms with van der Waals surface area (Å²) in [5.41, 5.74) is -0.387. The average molecular weight is 301 g/mol. The second kappa shape index (κ2) is 5.53. The Kier molecular flexibility index (Phi) is 4.14. The Morgan fingerprint density at radius 1 is 1.50 bits per heavy atom. The maximum atomic E-state index is 12.3. The second-order valence-corrected chi connectivity index (χ2v) is 7.14. The highest BCUT2D eigenvalue weighted by Gasteiger charge is 2.33. The van der Waals surface area contributed by atoms with Gasteiger partial charge in [-0.3, -0.25) is 9.48 Å². The van der Waals surface area contributed by atoms with Crippen molar-refractivity contribution in [2.75, 3.05) is 0 Å². The summed E-state index contributed by atoms with van der Waals surface area (Å²) in [6.07, 6.45) is 6.24. The molecule has 7 nitrogen and oxygen atoms in total. The van der Waals surface area contributed by atoms with Crippen molar-refractivity contribution in [2.24, 2.45) is 0 Å². The molecule has 0 amide bonds. The molecular formula is C12H19N3O4S. The van der Waals surface area contributed by atoms with Gasteiger partial charge in [0.1, 0.15) is 4.90 Å². The molecule has 1 saturated carbocycles. The van der Waals surface area contributed by atoms with Gasteiger partial charge in [0.2, 0.25) is 10.0 Å². The molecule has 1 heterocycles. The van der Waals surface area contributed by atoms with E-state index < -0.39 is 16.0 Å². The van der Waals surface area contributed by atoms with Gasteiger partial charge in [-0.05, 0) is 19.8 Å². The summed E-state index contributed by atoms with van der Waals surface area (Å²) in [6, 6.07) is 0. The van der Waals surface area contributed by atoms with E-state index >= 15 is 0 Å². The lowest BCUT2D eigenvalue weighted by Gasteiger charge is -2.24. The average Bonchev–Trinajstić information content (AvgIpc) is 2.95. The highest BCUT2D eigenvalue weighted by atomic mass is 32.2. The molecule has 0 aliphatic heterocycles. The summed E-state index contributed by atoms with van der Waals surface area (Å²) in [5.74, 6) is -0.943. The number of rotatable bonds is 6. The molecule has 1 aliphatic rings. The van der Waals surface area contributed by atoms with Gasteiger partial charge in [0.15, 0.2) is 0 Å². The van der Waals surface area contributed by atoms with E-state index in [1.807, 2.05) is 6.92 Å². The molecular weight excluding hydrogens is 282 g/mol. The zero-order chi connectivity index (χ0) is 14.8. The lowest BCUT2D eigenvalue weighted by molar-refractivity contribution is -0.137. The van der Waals surface area contributed by atoms with E-state index in [1.165, 1.54) is 17.1 Å². The van der Waals surface area contributed by atoms with Crippen LogP contribution in [0.1, 0.15) is 39.0 Å². The SMILES string of the molecule is CC1(NS(=O)(=O)c2cnn(CCC(=O)O)c2)CCCC1. The first-order valence-corrected chi connectivity index (χ1v) is 8.07. The Bertz CT molecular complexity index is 588. The first-order chi connectivity index (χ1) is 9.31. The quantitative estimate of drug-likeness (QED) is 0.815. The van der Waals surface area contributed by atoms with Crippen molar-refractivity contribution < 1.29 is 18.3 Å². The number of aryl methyl sites for hydroxylation is 1. The number of carboxylic acid groups (broad SMARTS) is 1. The van der Waals surface area contributed by atoms with E-state index in [2.05, 4.69) is 9.82 Å². The molecule has 0 atom stereocenters. The Hall–Kier alpha value is -1.41. The van der Waals surface area contributed by atoms with Crippen LogP contribution in [0.15, 0.2) is 17.3 Å². The second-order valence-electron chi connectivity index (χ2n) is 5.46. The molecule has 0 spiro atoms. The van der Waals surface area contributed by atoms with Crippen molar-refractivity contribution >= 4 is 16.0 Å². The van der Waals surface area contributed by atoms with Crippen LogP contribution in [0.3, 0.4) is 0 Å². The molecule has 0 bridgehead atoms. The summed E-state index contributed by atoms with van der Waals surface area (Å²) in [4.78, 5) is 10.6. The number of nitrogens with one attached hydrogen (secondary N) is 1. The van der Waals surface area contributed by atoms with Gasteiger partial charge in [-0.25, -0.2) is 13.1 Å². The Balaban J connectivity index is 2.07. The van der Waals surface area contributed by atoms with Crippen LogP contribution in [-0.2, 0) is 21.4 Å². The number of hydrogen-bond acceptors (Lipinski definition) is 4. The van der Waals surface area contributed by atoms with Crippen LogP contribution in [-0.4, -0.2) is 34.8 Å². The summed E-state index contributed by atoms with van der Waals surface area (Å²) < 4.78 is 28.6. The third-order valence-electron chi connectivity index (χ3n) is 3.56. The molecule has 8 heteroatoms. The van der Waals surface area contributed by atoms with Crippen molar-refractivity contribution in [1.82, 2.24) is 14.5 Å². The fraction of sp³-hybridized carbons (Fsp3) is 0.667. The molecule has 2 rings (SSSR count). The van der Waals surface area contributed by atoms with Crippen molar-refractivity contribution in [1.29, 1.82) is 0 Å². The monoisotopic (exact) mass is 301 g/mol. The smallest absolute Gasteiger partial charge is 0.305 e. The van der Waals surface area contributed by atoms with E-state index in [1.54, 1.807) is 0 Å². The van der Waals surface area contributed by atoms with Crippen LogP contribution >= 0.6 is 0 Å². The predicted octanol–water partition coefficient (Wildman–Crippen LogP) is 0.969. The molecule has 1 aromatic rings. The van der Waals surface area contributed by atoms with Crippen molar-refractivity contribution in [3.8, 4) is 0 Å². The number of nitrogens with zero attached hydrogens (tertiary/aromatic N) is 2. The minimum atomic E-state index is -3.60. The minimum Gasteiger partial charge on any atom is -0.481 e. The highest BCUT2D eigenvalue weighted by molar-refractivity contribution is 7.89. The van der Waals surface area contributed by atoms with E-state index in [0.29, 0.717) is 0 Å². The Morgan fingerprint density at radius 3 is 2.75 bits per heavy atom. The number of aromatic nitrogens is 2. The van der Waals surface area contributed by atoms with E-state index in [-0.39, 0.29) is 23.4 Å². The maximum Gasteiger partial charge on any atom is 0.305 e. The summed E-state index contributed by atoms with van der Waals surface area (Å²) in [7, 11) is -3.60. The standard InChI is InChI=1S/C12H19N3O4S/c1-12(5-2-3-6-12)14-20(18,19)10-8-13-15(9-10)7-4-11(16)17/h8-9,14H,2-7H2,1H3,(H,16,17). The van der Waals surface area contributed by atoms with Crippen molar-refractivity contribution in [2.45, 2.75) is 56.0 Å². The lowest BCUT2D eigenvalue weighted by Crippen LogP contribution is -2.43. The first kappa shape index (κ1) is 15.0. The van der Waals surface area contributed by atoms with Gasteiger partial charge in [-0.15, -0.1) is 0 Å². The van der Waals surface area contributed by atoms with Crippen molar-refractivity contribution in [3.05, 3.63) is 12.4 Å². The van der Waals surface area contributed by atoms with E-state index in [4.69, 9.17) is 5.11 Å². The highest BCUT2D eigenvalue weighted by Crippen LogP contribution is 2.30. The Labute approximate surface area is 118 Å². The molecule has 0 saturated heterocycles.